The molecule has 1 N–H and O–H groups in total. The molecule has 5 atom stereocenters. The van der Waals surface area contributed by atoms with Gasteiger partial charge in [-0.15, -0.1) is 0 Å². The minimum absolute atomic E-state index is 0.0186. The summed E-state index contributed by atoms with van der Waals surface area (Å²) in [7, 11) is 1.46. The van der Waals surface area contributed by atoms with Crippen LogP contribution in [0, 0.1) is 41.7 Å². The van der Waals surface area contributed by atoms with Crippen LogP contribution in [0.15, 0.2) is 42.6 Å². The van der Waals surface area contributed by atoms with E-state index in [4.69, 9.17) is 37.7 Å². The van der Waals surface area contributed by atoms with Crippen LogP contribution in [0.5, 0.6) is 11.6 Å². The molecule has 0 spiro atoms. The highest BCUT2D eigenvalue weighted by Gasteiger charge is 2.51. The third-order valence-electron chi connectivity index (χ3n) is 11.5. The number of benzene rings is 2. The largest absolute Gasteiger partial charge is 0.485 e. The standard InChI is InChI=1S/C40H36Cl2F2N6O3/c1-19-25-14-31(30-13-23(18-49(30)40(51)20-8-9-20)53-32-15-33(52-2)47-17-28(32)43)50(38-22-12-29(38)46-16-22)39(25)26-11-21(5-4-10-45)34(36(44)37(26)48-19)24-6-3-7-27(41)35(24)42/h3,6-7,11,14-15,17,20,22-23,29-30,38,46H,4-5,8-9,12-13,16,18H2,1-2H3. The van der Waals surface area contributed by atoms with Gasteiger partial charge in [0.2, 0.25) is 11.8 Å². The molecule has 9 nitrogen and oxygen atoms in total. The van der Waals surface area contributed by atoms with E-state index >= 15 is 4.39 Å². The number of rotatable bonds is 9. The maximum atomic E-state index is 17.2. The third-order valence-corrected chi connectivity index (χ3v) is 12.4. The number of nitrogens with one attached hydrogen (secondary N) is 1. The lowest BCUT2D eigenvalue weighted by atomic mass is 9.79. The second-order valence-corrected chi connectivity index (χ2v) is 15.5. The van der Waals surface area contributed by atoms with Crippen molar-refractivity contribution in [2.24, 2.45) is 11.8 Å². The van der Waals surface area contributed by atoms with Crippen molar-refractivity contribution < 1.29 is 23.0 Å². The Hall–Kier alpha value is -4.50. The van der Waals surface area contributed by atoms with E-state index in [0.29, 0.717) is 46.0 Å². The van der Waals surface area contributed by atoms with Gasteiger partial charge in [0.25, 0.3) is 0 Å². The van der Waals surface area contributed by atoms with E-state index < -0.39 is 17.7 Å². The summed E-state index contributed by atoms with van der Waals surface area (Å²) in [6.07, 6.45) is 4.16. The van der Waals surface area contributed by atoms with Gasteiger partial charge in [-0.25, -0.2) is 18.7 Å². The number of ether oxygens (including phenoxy) is 2. The number of aromatic nitrogens is 3. The molecule has 5 unspecified atom stereocenters. The summed E-state index contributed by atoms with van der Waals surface area (Å²) in [6.45, 7) is 3.03. The number of aryl methyl sites for hydroxylation is 2. The zero-order valence-corrected chi connectivity index (χ0v) is 30.6. The first-order chi connectivity index (χ1) is 25.7. The summed E-state index contributed by atoms with van der Waals surface area (Å²) >= 11 is 13.1. The molecule has 1 amide bonds. The van der Waals surface area contributed by atoms with E-state index in [1.165, 1.54) is 13.2 Å². The lowest BCUT2D eigenvalue weighted by Crippen LogP contribution is -2.41. The molecule has 5 aliphatic rings. The Labute approximate surface area is 314 Å². The number of nitrogens with zero attached hydrogens (tertiary/aromatic N) is 5. The quantitative estimate of drug-likeness (QED) is 0.161. The summed E-state index contributed by atoms with van der Waals surface area (Å²) in [5.74, 6) is -0.523. The number of pyridine rings is 2. The van der Waals surface area contributed by atoms with E-state index in [1.54, 1.807) is 18.2 Å². The Kier molecular flexibility index (Phi) is 8.48. The molecule has 13 heteroatoms. The average Bonchev–Trinajstić information content (AvgIpc) is 3.44. The average molecular weight is 758 g/mol. The summed E-state index contributed by atoms with van der Waals surface area (Å²) in [5.41, 5.74) is 3.98. The van der Waals surface area contributed by atoms with E-state index in [9.17, 15) is 14.4 Å². The molecule has 0 radical (unpaired) electrons. The van der Waals surface area contributed by atoms with Crippen molar-refractivity contribution in [2.75, 3.05) is 20.2 Å². The van der Waals surface area contributed by atoms with Crippen LogP contribution < -0.4 is 14.8 Å². The van der Waals surface area contributed by atoms with Gasteiger partial charge < -0.3 is 24.3 Å². The lowest BCUT2D eigenvalue weighted by Gasteiger charge is -2.39. The minimum atomic E-state index is -0.610. The fraction of sp³-hybridized carbons (Fsp3) is 0.400. The molecular weight excluding hydrogens is 721 g/mol. The lowest BCUT2D eigenvalue weighted by molar-refractivity contribution is -0.133. The topological polar surface area (TPSA) is 105 Å². The van der Waals surface area contributed by atoms with Crippen LogP contribution in [0.3, 0.4) is 0 Å². The zero-order valence-electron chi connectivity index (χ0n) is 29.1. The first-order valence-corrected chi connectivity index (χ1v) is 18.8. The van der Waals surface area contributed by atoms with Crippen LogP contribution in [0.2, 0.25) is 10.0 Å². The smallest absolute Gasteiger partial charge is 0.226 e. The summed E-state index contributed by atoms with van der Waals surface area (Å²) in [5, 5.41) is 15.3. The van der Waals surface area contributed by atoms with Crippen molar-refractivity contribution in [2.45, 2.75) is 69.7 Å². The summed E-state index contributed by atoms with van der Waals surface area (Å²) < 4.78 is 46.0. The van der Waals surface area contributed by atoms with E-state index in [1.807, 2.05) is 17.9 Å². The Morgan fingerprint density at radius 2 is 1.98 bits per heavy atom. The minimum Gasteiger partial charge on any atom is -0.485 e. The van der Waals surface area contributed by atoms with Crippen molar-refractivity contribution in [1.82, 2.24) is 24.8 Å². The maximum absolute atomic E-state index is 17.2. The number of nitriles is 1. The predicted octanol–water partition coefficient (Wildman–Crippen LogP) is 8.27. The molecule has 6 heterocycles. The van der Waals surface area contributed by atoms with E-state index in [-0.39, 0.29) is 70.6 Å². The van der Waals surface area contributed by atoms with Gasteiger partial charge >= 0.3 is 0 Å². The Bertz CT molecular complexity index is 2360. The normalized spacial score (nSPS) is 23.4. The first kappa shape index (κ1) is 34.3. The number of hydrogen-bond donors (Lipinski definition) is 1. The van der Waals surface area contributed by atoms with Gasteiger partial charge in [-0.3, -0.25) is 4.79 Å². The Morgan fingerprint density at radius 3 is 2.70 bits per heavy atom. The van der Waals surface area contributed by atoms with Crippen LogP contribution in [-0.2, 0) is 11.2 Å². The Morgan fingerprint density at radius 1 is 1.15 bits per heavy atom. The molecule has 3 aliphatic heterocycles. The molecule has 3 aromatic heterocycles. The van der Waals surface area contributed by atoms with Crippen LogP contribution in [0.25, 0.3) is 32.9 Å². The number of carbonyl (C=O) groups is 1. The van der Waals surface area contributed by atoms with Crippen molar-refractivity contribution in [1.29, 1.82) is 5.26 Å². The molecule has 10 rings (SSSR count). The number of fused-ring (bicyclic) bond motifs is 4. The number of carbonyl (C=O) groups excluding carboxylic acids is 1. The van der Waals surface area contributed by atoms with Crippen LogP contribution in [-0.4, -0.2) is 57.7 Å². The second-order valence-electron chi connectivity index (χ2n) is 14.7. The van der Waals surface area contributed by atoms with Crippen molar-refractivity contribution in [3.63, 3.8) is 0 Å². The molecule has 3 saturated heterocycles. The summed E-state index contributed by atoms with van der Waals surface area (Å²) in [6, 6.07) is 12.7. The fourth-order valence-corrected chi connectivity index (χ4v) is 9.25. The highest BCUT2D eigenvalue weighted by atomic mass is 35.5. The first-order valence-electron chi connectivity index (χ1n) is 18.0. The number of halogens is 4. The van der Waals surface area contributed by atoms with Gasteiger partial charge in [0.15, 0.2) is 17.4 Å². The molecule has 272 valence electrons. The molecule has 2 aliphatic carbocycles. The van der Waals surface area contributed by atoms with Crippen LogP contribution in [0.1, 0.15) is 61.1 Å². The predicted molar refractivity (Wildman–Crippen MR) is 197 cm³/mol. The van der Waals surface area contributed by atoms with Crippen LogP contribution in [0.4, 0.5) is 8.78 Å². The van der Waals surface area contributed by atoms with Crippen molar-refractivity contribution >= 4 is 50.9 Å². The van der Waals surface area contributed by atoms with E-state index in [0.717, 1.165) is 48.6 Å². The SMILES string of the molecule is COc1cc(OC2CC(c3cc4c(C)nc5c(F)c(-c6cccc(Cl)c6Cl)c(CCC#N)cc5c4n3C3C4CNC3C4)N(C(=O)C3CC3)C2)c(F)cn1. The van der Waals surface area contributed by atoms with E-state index in [2.05, 4.69) is 27.0 Å². The number of likely N-dealkylation sites (tertiary alicyclic amines) is 1. The van der Waals surface area contributed by atoms with Gasteiger partial charge in [-0.05, 0) is 62.3 Å². The van der Waals surface area contributed by atoms with Gasteiger partial charge in [0.1, 0.15) is 11.6 Å². The molecule has 2 aromatic carbocycles. The Balaban J connectivity index is 1.25. The third kappa shape index (κ3) is 5.60. The molecule has 5 aromatic rings. The van der Waals surface area contributed by atoms with Crippen LogP contribution >= 0.6 is 23.2 Å². The molecular formula is C40H36Cl2F2N6O3. The number of methoxy groups -OCH3 is 1. The van der Waals surface area contributed by atoms with Crippen molar-refractivity contribution in [3.8, 4) is 28.8 Å². The second kappa shape index (κ2) is 13.1. The molecule has 2 bridgehead atoms. The number of amides is 1. The maximum Gasteiger partial charge on any atom is 0.226 e. The van der Waals surface area contributed by atoms with Gasteiger partial charge in [-0.2, -0.15) is 5.26 Å². The fourth-order valence-electron chi connectivity index (χ4n) is 8.85. The zero-order chi connectivity index (χ0) is 36.7. The van der Waals surface area contributed by atoms with Gasteiger partial charge in [-0.1, -0.05) is 35.3 Å². The number of hydrogen-bond acceptors (Lipinski definition) is 7. The molecule has 2 saturated carbocycles. The summed E-state index contributed by atoms with van der Waals surface area (Å²) in [4.78, 5) is 24.7. The highest BCUT2D eigenvalue weighted by molar-refractivity contribution is 6.43. The van der Waals surface area contributed by atoms with Gasteiger partial charge in [0, 0.05) is 70.7 Å². The highest BCUT2D eigenvalue weighted by Crippen LogP contribution is 2.51. The monoisotopic (exact) mass is 756 g/mol. The molecule has 5 fully saturated rings. The van der Waals surface area contributed by atoms with Gasteiger partial charge in [0.05, 0.1) is 53.6 Å². The molecule has 53 heavy (non-hydrogen) atoms. The van der Waals surface area contributed by atoms with Crippen molar-refractivity contribution in [3.05, 3.63) is 81.2 Å².